The maximum atomic E-state index is 12.5. The third-order valence-electron chi connectivity index (χ3n) is 5.39. The van der Waals surface area contributed by atoms with Crippen LogP contribution >= 0.6 is 11.3 Å². The molecule has 0 spiro atoms. The number of carbonyl (C=O) groups is 1. The summed E-state index contributed by atoms with van der Waals surface area (Å²) >= 11 is 1.91. The normalized spacial score (nSPS) is 23.2. The molecule has 0 aromatic carbocycles. The van der Waals surface area contributed by atoms with Gasteiger partial charge in [-0.15, -0.1) is 11.3 Å². The smallest absolute Gasteiger partial charge is 0.225 e. The third kappa shape index (κ3) is 2.93. The van der Waals surface area contributed by atoms with Crippen LogP contribution in [0.15, 0.2) is 0 Å². The first-order chi connectivity index (χ1) is 10.8. The highest BCUT2D eigenvalue weighted by Crippen LogP contribution is 2.29. The molecule has 0 atom stereocenters. The van der Waals surface area contributed by atoms with Crippen LogP contribution in [-0.2, 0) is 24.2 Å². The van der Waals surface area contributed by atoms with E-state index in [-0.39, 0.29) is 0 Å². The molecule has 1 amide bonds. The van der Waals surface area contributed by atoms with Gasteiger partial charge in [0, 0.05) is 37.0 Å². The average molecular weight is 319 g/mol. The molecular weight excluding hydrogens is 294 g/mol. The van der Waals surface area contributed by atoms with Gasteiger partial charge < -0.3 is 4.90 Å². The average Bonchev–Trinajstić information content (AvgIpc) is 3.24. The van der Waals surface area contributed by atoms with Gasteiger partial charge in [0.25, 0.3) is 0 Å². The largest absolute Gasteiger partial charge is 0.340 e. The van der Waals surface area contributed by atoms with Crippen molar-refractivity contribution in [1.82, 2.24) is 14.8 Å². The molecule has 1 aromatic rings. The van der Waals surface area contributed by atoms with Gasteiger partial charge in [-0.25, -0.2) is 4.98 Å². The van der Waals surface area contributed by atoms with E-state index >= 15 is 0 Å². The third-order valence-corrected chi connectivity index (χ3v) is 6.53. The van der Waals surface area contributed by atoms with E-state index in [2.05, 4.69) is 9.80 Å². The quantitative estimate of drug-likeness (QED) is 0.859. The molecule has 2 fully saturated rings. The molecule has 120 valence electrons. The van der Waals surface area contributed by atoms with E-state index in [0.29, 0.717) is 11.8 Å². The van der Waals surface area contributed by atoms with Gasteiger partial charge in [-0.1, -0.05) is 12.8 Å². The lowest BCUT2D eigenvalue weighted by atomic mass is 10.1. The highest BCUT2D eigenvalue weighted by molar-refractivity contribution is 7.11. The summed E-state index contributed by atoms with van der Waals surface area (Å²) in [5, 5.41) is 1.28. The summed E-state index contributed by atoms with van der Waals surface area (Å²) in [6, 6.07) is 0. The number of thiazole rings is 1. The van der Waals surface area contributed by atoms with Crippen molar-refractivity contribution >= 4 is 17.2 Å². The number of piperazine rings is 1. The maximum absolute atomic E-state index is 12.5. The minimum Gasteiger partial charge on any atom is -0.340 e. The molecule has 0 radical (unpaired) electrons. The molecule has 0 bridgehead atoms. The van der Waals surface area contributed by atoms with Gasteiger partial charge >= 0.3 is 0 Å². The SMILES string of the molecule is O=C(C1CCCC1)N1CCN(Cc2nc3c(s2)CCC3)CC1. The van der Waals surface area contributed by atoms with Gasteiger partial charge in [0.05, 0.1) is 12.2 Å². The molecule has 0 unspecified atom stereocenters. The van der Waals surface area contributed by atoms with Crippen LogP contribution in [0.4, 0.5) is 0 Å². The molecular formula is C17H25N3OS. The predicted octanol–water partition coefficient (Wildman–Crippen LogP) is 2.47. The summed E-state index contributed by atoms with van der Waals surface area (Å²) in [6.07, 6.45) is 8.41. The molecule has 1 aromatic heterocycles. The van der Waals surface area contributed by atoms with Crippen molar-refractivity contribution in [2.24, 2.45) is 5.92 Å². The minimum atomic E-state index is 0.327. The van der Waals surface area contributed by atoms with Crippen molar-refractivity contribution in [2.45, 2.75) is 51.5 Å². The number of amides is 1. The first kappa shape index (κ1) is 14.6. The van der Waals surface area contributed by atoms with Crippen molar-refractivity contribution in [2.75, 3.05) is 26.2 Å². The summed E-state index contributed by atoms with van der Waals surface area (Å²) in [4.78, 5) is 23.3. The Hall–Kier alpha value is -0.940. The van der Waals surface area contributed by atoms with Gasteiger partial charge in [-0.3, -0.25) is 9.69 Å². The lowest BCUT2D eigenvalue weighted by molar-refractivity contribution is -0.137. The highest BCUT2D eigenvalue weighted by Gasteiger charge is 2.29. The number of aryl methyl sites for hydroxylation is 2. The summed E-state index contributed by atoms with van der Waals surface area (Å²) in [5.41, 5.74) is 1.36. The second kappa shape index (κ2) is 6.28. The molecule has 1 aliphatic heterocycles. The minimum absolute atomic E-state index is 0.327. The van der Waals surface area contributed by atoms with Crippen molar-refractivity contribution in [3.05, 3.63) is 15.6 Å². The molecule has 1 saturated carbocycles. The molecule has 1 saturated heterocycles. The van der Waals surface area contributed by atoms with Crippen molar-refractivity contribution in [3.8, 4) is 0 Å². The number of nitrogens with zero attached hydrogens (tertiary/aromatic N) is 3. The number of rotatable bonds is 3. The Balaban J connectivity index is 1.29. The molecule has 2 heterocycles. The van der Waals surface area contributed by atoms with Gasteiger partial charge in [0.2, 0.25) is 5.91 Å². The summed E-state index contributed by atoms with van der Waals surface area (Å²) in [6.45, 7) is 4.79. The standard InChI is InChI=1S/C17H25N3OS/c21-17(13-4-1-2-5-13)20-10-8-19(9-11-20)12-16-18-14-6-3-7-15(14)22-16/h13H,1-12H2. The van der Waals surface area contributed by atoms with Crippen LogP contribution in [0, 0.1) is 5.92 Å². The van der Waals surface area contributed by atoms with E-state index in [1.54, 1.807) is 0 Å². The Kier molecular flexibility index (Phi) is 4.18. The van der Waals surface area contributed by atoms with Gasteiger partial charge in [-0.2, -0.15) is 0 Å². The first-order valence-corrected chi connectivity index (χ1v) is 9.60. The molecule has 4 rings (SSSR count). The van der Waals surface area contributed by atoms with Crippen LogP contribution in [0.25, 0.3) is 0 Å². The second-order valence-electron chi connectivity index (χ2n) is 6.91. The fourth-order valence-electron chi connectivity index (χ4n) is 4.06. The Morgan fingerprint density at radius 2 is 1.86 bits per heavy atom. The van der Waals surface area contributed by atoms with Crippen molar-refractivity contribution in [1.29, 1.82) is 0 Å². The van der Waals surface area contributed by atoms with E-state index < -0.39 is 0 Å². The van der Waals surface area contributed by atoms with Crippen LogP contribution in [0.1, 0.15) is 47.7 Å². The van der Waals surface area contributed by atoms with Crippen molar-refractivity contribution in [3.63, 3.8) is 0 Å². The summed E-state index contributed by atoms with van der Waals surface area (Å²) < 4.78 is 0. The molecule has 0 N–H and O–H groups in total. The number of fused-ring (bicyclic) bond motifs is 1. The zero-order chi connectivity index (χ0) is 14.9. The van der Waals surface area contributed by atoms with E-state index in [9.17, 15) is 4.79 Å². The van der Waals surface area contributed by atoms with Crippen LogP contribution in [0.5, 0.6) is 0 Å². The van der Waals surface area contributed by atoms with Crippen LogP contribution < -0.4 is 0 Å². The zero-order valence-corrected chi connectivity index (χ0v) is 14.0. The Labute approximate surface area is 136 Å². The van der Waals surface area contributed by atoms with Crippen LogP contribution in [-0.4, -0.2) is 46.9 Å². The van der Waals surface area contributed by atoms with Gasteiger partial charge in [-0.05, 0) is 32.1 Å². The number of hydrogen-bond donors (Lipinski definition) is 0. The molecule has 22 heavy (non-hydrogen) atoms. The second-order valence-corrected chi connectivity index (χ2v) is 8.08. The summed E-state index contributed by atoms with van der Waals surface area (Å²) in [5.74, 6) is 0.749. The van der Waals surface area contributed by atoms with E-state index in [0.717, 1.165) is 45.6 Å². The summed E-state index contributed by atoms with van der Waals surface area (Å²) in [7, 11) is 0. The lowest BCUT2D eigenvalue weighted by Gasteiger charge is -2.35. The fraction of sp³-hybridized carbons (Fsp3) is 0.765. The topological polar surface area (TPSA) is 36.4 Å². The maximum Gasteiger partial charge on any atom is 0.225 e. The molecule has 4 nitrogen and oxygen atoms in total. The fourth-order valence-corrected chi connectivity index (χ4v) is 5.26. The van der Waals surface area contributed by atoms with Crippen molar-refractivity contribution < 1.29 is 4.79 Å². The van der Waals surface area contributed by atoms with E-state index in [1.165, 1.54) is 47.7 Å². The van der Waals surface area contributed by atoms with Crippen LogP contribution in [0.2, 0.25) is 0 Å². The van der Waals surface area contributed by atoms with Gasteiger partial charge in [0.1, 0.15) is 5.01 Å². The molecule has 3 aliphatic rings. The highest BCUT2D eigenvalue weighted by atomic mass is 32.1. The van der Waals surface area contributed by atoms with E-state index in [4.69, 9.17) is 4.98 Å². The number of hydrogen-bond acceptors (Lipinski definition) is 4. The van der Waals surface area contributed by atoms with E-state index in [1.807, 2.05) is 11.3 Å². The Morgan fingerprint density at radius 1 is 1.09 bits per heavy atom. The monoisotopic (exact) mass is 319 g/mol. The molecule has 5 heteroatoms. The lowest BCUT2D eigenvalue weighted by Crippen LogP contribution is -2.49. The first-order valence-electron chi connectivity index (χ1n) is 8.78. The Morgan fingerprint density at radius 3 is 2.59 bits per heavy atom. The van der Waals surface area contributed by atoms with Gasteiger partial charge in [0.15, 0.2) is 0 Å². The predicted molar refractivity (Wildman–Crippen MR) is 88.0 cm³/mol. The zero-order valence-electron chi connectivity index (χ0n) is 13.2. The van der Waals surface area contributed by atoms with Crippen LogP contribution in [0.3, 0.4) is 0 Å². The molecule has 2 aliphatic carbocycles. The Bertz CT molecular complexity index is 521. The number of carbonyl (C=O) groups excluding carboxylic acids is 1. The number of aromatic nitrogens is 1.